The molecule has 0 atom stereocenters. The third-order valence-electron chi connectivity index (χ3n) is 7.03. The van der Waals surface area contributed by atoms with E-state index in [1.54, 1.807) is 12.1 Å². The van der Waals surface area contributed by atoms with Gasteiger partial charge in [0.05, 0.1) is 5.56 Å². The summed E-state index contributed by atoms with van der Waals surface area (Å²) >= 11 is 0. The van der Waals surface area contributed by atoms with Crippen LogP contribution in [-0.4, -0.2) is 0 Å². The third kappa shape index (κ3) is 7.23. The van der Waals surface area contributed by atoms with Gasteiger partial charge in [0.1, 0.15) is 6.07 Å². The summed E-state index contributed by atoms with van der Waals surface area (Å²) in [5.41, 5.74) is 0.451. The number of nitrogens with zero attached hydrogens (tertiary/aromatic N) is 1. The topological polar surface area (TPSA) is 23.8 Å². The Bertz CT molecular complexity index is 784. The first-order valence-electron chi connectivity index (χ1n) is 11.5. The van der Waals surface area contributed by atoms with Gasteiger partial charge in [-0.25, -0.2) is 0 Å². The van der Waals surface area contributed by atoms with E-state index in [-0.39, 0.29) is 0 Å². The highest BCUT2D eigenvalue weighted by atomic mass is 19.4. The zero-order valence-corrected chi connectivity index (χ0v) is 17.9. The van der Waals surface area contributed by atoms with E-state index in [1.165, 1.54) is 37.1 Å². The van der Waals surface area contributed by atoms with Crippen LogP contribution in [0.15, 0.2) is 48.3 Å². The Morgan fingerprint density at radius 1 is 0.903 bits per heavy atom. The first-order chi connectivity index (χ1) is 14.8. The Labute approximate surface area is 182 Å². The van der Waals surface area contributed by atoms with Crippen molar-refractivity contribution in [3.05, 3.63) is 59.4 Å². The first kappa shape index (κ1) is 23.6. The lowest BCUT2D eigenvalue weighted by Crippen LogP contribution is -2.14. The maximum Gasteiger partial charge on any atom is 0.416 e. The van der Waals surface area contributed by atoms with E-state index in [2.05, 4.69) is 12.2 Å². The van der Waals surface area contributed by atoms with Gasteiger partial charge in [-0.3, -0.25) is 0 Å². The predicted molar refractivity (Wildman–Crippen MR) is 115 cm³/mol. The highest BCUT2D eigenvalue weighted by Crippen LogP contribution is 2.39. The molecule has 3 rings (SSSR count). The van der Waals surface area contributed by atoms with Crippen molar-refractivity contribution < 1.29 is 17.6 Å². The lowest BCUT2D eigenvalue weighted by atomic mass is 9.77. The van der Waals surface area contributed by atoms with Crippen LogP contribution >= 0.6 is 0 Å². The molecule has 2 fully saturated rings. The summed E-state index contributed by atoms with van der Waals surface area (Å²) < 4.78 is 51.1. The van der Waals surface area contributed by atoms with Crippen molar-refractivity contribution >= 4 is 0 Å². The fourth-order valence-electron chi connectivity index (χ4n) is 5.06. The van der Waals surface area contributed by atoms with Crippen LogP contribution in [0.2, 0.25) is 0 Å². The van der Waals surface area contributed by atoms with Gasteiger partial charge in [-0.2, -0.15) is 22.8 Å². The number of alkyl halides is 3. The van der Waals surface area contributed by atoms with Gasteiger partial charge in [0.2, 0.25) is 0 Å². The summed E-state index contributed by atoms with van der Waals surface area (Å²) in [7, 11) is 0. The van der Waals surface area contributed by atoms with Gasteiger partial charge in [-0.1, -0.05) is 24.3 Å². The Balaban J connectivity index is 1.38. The molecule has 0 bridgehead atoms. The zero-order valence-electron chi connectivity index (χ0n) is 17.9. The molecular formula is C26H31F4N. The normalized spacial score (nSPS) is 27.9. The minimum atomic E-state index is -4.27. The molecule has 0 saturated heterocycles. The number of nitriles is 1. The first-order valence-corrected chi connectivity index (χ1v) is 11.5. The van der Waals surface area contributed by atoms with Gasteiger partial charge < -0.3 is 0 Å². The van der Waals surface area contributed by atoms with Crippen LogP contribution in [0, 0.1) is 29.1 Å². The van der Waals surface area contributed by atoms with Crippen molar-refractivity contribution in [2.45, 2.75) is 76.3 Å². The molecule has 0 amide bonds. The molecule has 31 heavy (non-hydrogen) atoms. The number of halogens is 4. The van der Waals surface area contributed by atoms with Crippen LogP contribution in [-0.2, 0) is 6.18 Å². The van der Waals surface area contributed by atoms with Crippen molar-refractivity contribution in [3.63, 3.8) is 0 Å². The molecule has 1 aromatic carbocycles. The van der Waals surface area contributed by atoms with Crippen LogP contribution in [0.5, 0.6) is 0 Å². The van der Waals surface area contributed by atoms with Gasteiger partial charge in [0.25, 0.3) is 0 Å². The Hall–Kier alpha value is -2.09. The van der Waals surface area contributed by atoms with Gasteiger partial charge in [-0.15, -0.1) is 0 Å². The van der Waals surface area contributed by atoms with Crippen LogP contribution in [0.25, 0.3) is 0 Å². The molecule has 1 nitrogen and oxygen atoms in total. The molecule has 5 heteroatoms. The minimum Gasteiger partial charge on any atom is -0.195 e. The smallest absolute Gasteiger partial charge is 0.195 e. The molecule has 0 heterocycles. The van der Waals surface area contributed by atoms with Crippen LogP contribution in [0.3, 0.4) is 0 Å². The van der Waals surface area contributed by atoms with Crippen LogP contribution < -0.4 is 0 Å². The third-order valence-corrected chi connectivity index (χ3v) is 7.03. The average molecular weight is 434 g/mol. The number of allylic oxidation sites excluding steroid dienone is 4. The van der Waals surface area contributed by atoms with Gasteiger partial charge in [-0.05, 0) is 112 Å². The molecule has 2 saturated carbocycles. The van der Waals surface area contributed by atoms with Crippen molar-refractivity contribution in [1.82, 2.24) is 0 Å². The van der Waals surface area contributed by atoms with Crippen molar-refractivity contribution in [3.8, 4) is 6.07 Å². The van der Waals surface area contributed by atoms with Crippen molar-refractivity contribution in [2.75, 3.05) is 0 Å². The number of hydrogen-bond acceptors (Lipinski definition) is 1. The zero-order chi connectivity index (χ0) is 22.3. The molecule has 0 unspecified atom stereocenters. The summed E-state index contributed by atoms with van der Waals surface area (Å²) in [5.74, 6) is 1.51. The number of rotatable bonds is 6. The molecule has 0 aromatic heterocycles. The molecule has 0 N–H and O–H groups in total. The minimum absolute atomic E-state index is 0.363. The number of hydrogen-bond donors (Lipinski definition) is 0. The molecule has 0 aliphatic heterocycles. The molecular weight excluding hydrogens is 402 g/mol. The fourth-order valence-corrected chi connectivity index (χ4v) is 5.06. The molecule has 0 spiro atoms. The molecule has 2 aliphatic rings. The Morgan fingerprint density at radius 3 is 1.97 bits per heavy atom. The van der Waals surface area contributed by atoms with E-state index >= 15 is 0 Å². The van der Waals surface area contributed by atoms with Gasteiger partial charge in [0, 0.05) is 0 Å². The predicted octanol–water partition coefficient (Wildman–Crippen LogP) is 8.50. The van der Waals surface area contributed by atoms with Crippen LogP contribution in [0.1, 0.15) is 81.3 Å². The van der Waals surface area contributed by atoms with Gasteiger partial charge in [0.15, 0.2) is 5.83 Å². The summed E-state index contributed by atoms with van der Waals surface area (Å²) in [6, 6.07) is 7.22. The van der Waals surface area contributed by atoms with E-state index in [1.807, 2.05) is 0 Å². The van der Waals surface area contributed by atoms with E-state index in [0.29, 0.717) is 30.1 Å². The maximum atomic E-state index is 12.9. The summed E-state index contributed by atoms with van der Waals surface area (Å²) in [4.78, 5) is 0. The van der Waals surface area contributed by atoms with Crippen molar-refractivity contribution in [2.24, 2.45) is 17.8 Å². The second kappa shape index (κ2) is 11.0. The lowest BCUT2D eigenvalue weighted by molar-refractivity contribution is -0.137. The van der Waals surface area contributed by atoms with Gasteiger partial charge >= 0.3 is 6.18 Å². The van der Waals surface area contributed by atoms with Crippen molar-refractivity contribution in [1.29, 1.82) is 5.26 Å². The summed E-state index contributed by atoms with van der Waals surface area (Å²) in [6.45, 7) is 0. The largest absolute Gasteiger partial charge is 0.416 e. The number of benzene rings is 1. The molecule has 0 radical (unpaired) electrons. The summed E-state index contributed by atoms with van der Waals surface area (Å²) in [5, 5.41) is 8.44. The molecule has 168 valence electrons. The highest BCUT2D eigenvalue weighted by molar-refractivity contribution is 5.27. The lowest BCUT2D eigenvalue weighted by Gasteiger charge is -2.29. The second-order valence-corrected chi connectivity index (χ2v) is 9.14. The van der Waals surface area contributed by atoms with Crippen LogP contribution in [0.4, 0.5) is 17.6 Å². The Morgan fingerprint density at radius 2 is 1.45 bits per heavy atom. The highest BCUT2D eigenvalue weighted by Gasteiger charge is 2.30. The molecule has 2 aliphatic carbocycles. The SMILES string of the molecule is N#CC(F)=CCCC1CCC(/C=C/C2CCC(c3ccc(C(F)(F)F)cc3)CC2)CC1. The van der Waals surface area contributed by atoms with E-state index in [9.17, 15) is 17.6 Å². The standard InChI is InChI=1S/C26H31F4N/c27-25(18-31)3-1-2-19-4-6-20(7-5-19)8-9-21-10-12-22(13-11-21)23-14-16-24(17-15-23)26(28,29)30/h3,8-9,14-17,19-22H,1-2,4-7,10-13H2/b9-8+,25-3?. The Kier molecular flexibility index (Phi) is 8.35. The quantitative estimate of drug-likeness (QED) is 0.251. The maximum absolute atomic E-state index is 12.9. The van der Waals surface area contributed by atoms with E-state index in [0.717, 1.165) is 50.5 Å². The summed E-state index contributed by atoms with van der Waals surface area (Å²) in [6.07, 6.45) is 12.4. The fraction of sp³-hybridized carbons (Fsp3) is 0.577. The average Bonchev–Trinajstić information content (AvgIpc) is 2.78. The second-order valence-electron chi connectivity index (χ2n) is 9.14. The van der Waals surface area contributed by atoms with E-state index in [4.69, 9.17) is 5.26 Å². The van der Waals surface area contributed by atoms with E-state index < -0.39 is 17.6 Å². The monoisotopic (exact) mass is 433 g/mol. The molecule has 1 aromatic rings.